The summed E-state index contributed by atoms with van der Waals surface area (Å²) in [5, 5.41) is 3.46. The fourth-order valence-electron chi connectivity index (χ4n) is 2.35. The van der Waals surface area contributed by atoms with Gasteiger partial charge in [0.15, 0.2) is 0 Å². The monoisotopic (exact) mass is 236 g/mol. The molecule has 1 heterocycles. The molecule has 0 aliphatic heterocycles. The lowest BCUT2D eigenvalue weighted by molar-refractivity contribution is 0.325. The third-order valence-corrected chi connectivity index (χ3v) is 3.82. The van der Waals surface area contributed by atoms with Crippen LogP contribution < -0.4 is 5.32 Å². The van der Waals surface area contributed by atoms with Crippen LogP contribution >= 0.6 is 0 Å². The first-order chi connectivity index (χ1) is 8.18. The smallest absolute Gasteiger partial charge is 0.203 e. The number of hydrogen-bond donors (Lipinski definition) is 1. The largest absolute Gasteiger partial charge is 0.354 e. The molecule has 0 spiro atoms. The van der Waals surface area contributed by atoms with Gasteiger partial charge < -0.3 is 14.8 Å². The van der Waals surface area contributed by atoms with E-state index in [1.165, 1.54) is 25.7 Å². The molecule has 1 atom stereocenters. The summed E-state index contributed by atoms with van der Waals surface area (Å²) in [5.41, 5.74) is 0. The molecule has 1 fully saturated rings. The lowest BCUT2D eigenvalue weighted by atomic mass is 10.2. The minimum absolute atomic E-state index is 0.517. The molecule has 4 nitrogen and oxygen atoms in total. The maximum absolute atomic E-state index is 4.43. The molecule has 0 radical (unpaired) electrons. The van der Waals surface area contributed by atoms with Crippen LogP contribution in [-0.4, -0.2) is 41.1 Å². The molecule has 1 unspecified atom stereocenters. The van der Waals surface area contributed by atoms with E-state index in [4.69, 9.17) is 0 Å². The zero-order valence-corrected chi connectivity index (χ0v) is 11.2. The molecule has 1 aliphatic carbocycles. The lowest BCUT2D eigenvalue weighted by Crippen LogP contribution is -2.32. The molecule has 1 aromatic heterocycles. The highest BCUT2D eigenvalue weighted by molar-refractivity contribution is 5.27. The second kappa shape index (κ2) is 5.54. The number of imidazole rings is 1. The van der Waals surface area contributed by atoms with Gasteiger partial charge in [0.2, 0.25) is 5.95 Å². The Balaban J connectivity index is 1.94. The Morgan fingerprint density at radius 1 is 1.47 bits per heavy atom. The molecule has 0 bridgehead atoms. The van der Waals surface area contributed by atoms with Crippen LogP contribution in [0.1, 0.15) is 38.6 Å². The molecule has 1 aliphatic rings. The van der Waals surface area contributed by atoms with Gasteiger partial charge in [-0.2, -0.15) is 0 Å². The normalized spacial score (nSPS) is 18.8. The molecule has 4 heteroatoms. The fraction of sp³-hybridized carbons (Fsp3) is 0.769. The Labute approximate surface area is 104 Å². The summed E-state index contributed by atoms with van der Waals surface area (Å²) in [6, 6.07) is 1.18. The summed E-state index contributed by atoms with van der Waals surface area (Å²) < 4.78 is 2.31. The predicted octanol–water partition coefficient (Wildman–Crippen LogP) is 2.36. The van der Waals surface area contributed by atoms with Gasteiger partial charge in [0.1, 0.15) is 0 Å². The summed E-state index contributed by atoms with van der Waals surface area (Å²) in [6.45, 7) is 3.16. The van der Waals surface area contributed by atoms with Gasteiger partial charge in [-0.3, -0.25) is 0 Å². The first kappa shape index (κ1) is 12.4. The van der Waals surface area contributed by atoms with E-state index in [0.29, 0.717) is 12.1 Å². The van der Waals surface area contributed by atoms with Gasteiger partial charge in [-0.1, -0.05) is 12.8 Å². The second-order valence-corrected chi connectivity index (χ2v) is 5.29. The molecular formula is C13H24N4. The van der Waals surface area contributed by atoms with E-state index in [1.54, 1.807) is 0 Å². The predicted molar refractivity (Wildman–Crippen MR) is 71.4 cm³/mol. The summed E-state index contributed by atoms with van der Waals surface area (Å²) in [7, 11) is 4.21. The zero-order valence-electron chi connectivity index (χ0n) is 11.2. The van der Waals surface area contributed by atoms with Crippen LogP contribution in [0.4, 0.5) is 5.95 Å². The third kappa shape index (κ3) is 3.00. The standard InChI is InChI=1S/C13H24N4/c1-11(16(2)3)10-15-13-14-8-9-17(13)12-6-4-5-7-12/h8-9,11-12H,4-7,10H2,1-3H3,(H,14,15). The number of anilines is 1. The van der Waals surface area contributed by atoms with Crippen molar-refractivity contribution in [3.05, 3.63) is 12.4 Å². The lowest BCUT2D eigenvalue weighted by Gasteiger charge is -2.21. The molecule has 2 rings (SSSR count). The molecule has 0 amide bonds. The topological polar surface area (TPSA) is 33.1 Å². The van der Waals surface area contributed by atoms with E-state index in [0.717, 1.165) is 12.5 Å². The number of rotatable bonds is 5. The Kier molecular flexibility index (Phi) is 4.05. The number of aromatic nitrogens is 2. The zero-order chi connectivity index (χ0) is 12.3. The van der Waals surface area contributed by atoms with Gasteiger partial charge in [0.05, 0.1) is 0 Å². The van der Waals surface area contributed by atoms with Gasteiger partial charge in [-0.15, -0.1) is 0 Å². The SMILES string of the molecule is CC(CNc1nccn1C1CCCC1)N(C)C. The van der Waals surface area contributed by atoms with Crippen molar-refractivity contribution in [1.82, 2.24) is 14.5 Å². The highest BCUT2D eigenvalue weighted by Gasteiger charge is 2.19. The van der Waals surface area contributed by atoms with Gasteiger partial charge in [-0.05, 0) is 33.9 Å². The maximum atomic E-state index is 4.43. The van der Waals surface area contributed by atoms with Crippen molar-refractivity contribution in [2.45, 2.75) is 44.7 Å². The molecule has 0 aromatic carbocycles. The number of likely N-dealkylation sites (N-methyl/N-ethyl adjacent to an activating group) is 1. The maximum Gasteiger partial charge on any atom is 0.203 e. The second-order valence-electron chi connectivity index (χ2n) is 5.29. The van der Waals surface area contributed by atoms with Crippen LogP contribution in [0.2, 0.25) is 0 Å². The summed E-state index contributed by atoms with van der Waals surface area (Å²) >= 11 is 0. The first-order valence-electron chi connectivity index (χ1n) is 6.61. The Hall–Kier alpha value is -1.03. The molecule has 17 heavy (non-hydrogen) atoms. The van der Waals surface area contributed by atoms with Crippen molar-refractivity contribution in [3.63, 3.8) is 0 Å². The van der Waals surface area contributed by atoms with Gasteiger partial charge in [0, 0.05) is 31.0 Å². The summed E-state index contributed by atoms with van der Waals surface area (Å²) in [4.78, 5) is 6.64. The highest BCUT2D eigenvalue weighted by Crippen LogP contribution is 2.31. The van der Waals surface area contributed by atoms with Crippen molar-refractivity contribution in [1.29, 1.82) is 0 Å². The quantitative estimate of drug-likeness (QED) is 0.852. The van der Waals surface area contributed by atoms with E-state index in [1.807, 2.05) is 6.20 Å². The van der Waals surface area contributed by atoms with Crippen LogP contribution in [0.25, 0.3) is 0 Å². The van der Waals surface area contributed by atoms with E-state index < -0.39 is 0 Å². The molecule has 1 N–H and O–H groups in total. The number of nitrogens with one attached hydrogen (secondary N) is 1. The Morgan fingerprint density at radius 3 is 2.82 bits per heavy atom. The van der Waals surface area contributed by atoms with E-state index in [-0.39, 0.29) is 0 Å². The van der Waals surface area contributed by atoms with Crippen LogP contribution in [0, 0.1) is 0 Å². The van der Waals surface area contributed by atoms with E-state index in [9.17, 15) is 0 Å². The third-order valence-electron chi connectivity index (χ3n) is 3.82. The average molecular weight is 236 g/mol. The summed E-state index contributed by atoms with van der Waals surface area (Å²) in [5.74, 6) is 1.03. The van der Waals surface area contributed by atoms with Crippen molar-refractivity contribution in [2.75, 3.05) is 26.0 Å². The number of nitrogens with zero attached hydrogens (tertiary/aromatic N) is 3. The van der Waals surface area contributed by atoms with Crippen molar-refractivity contribution in [2.24, 2.45) is 0 Å². The molecular weight excluding hydrogens is 212 g/mol. The van der Waals surface area contributed by atoms with Crippen molar-refractivity contribution in [3.8, 4) is 0 Å². The van der Waals surface area contributed by atoms with Crippen molar-refractivity contribution >= 4 is 5.95 Å². The highest BCUT2D eigenvalue weighted by atomic mass is 15.2. The minimum atomic E-state index is 0.517. The Bertz CT molecular complexity index is 339. The van der Waals surface area contributed by atoms with Crippen LogP contribution in [0.5, 0.6) is 0 Å². The summed E-state index contributed by atoms with van der Waals surface area (Å²) in [6.07, 6.45) is 9.33. The van der Waals surface area contributed by atoms with Crippen LogP contribution in [0.15, 0.2) is 12.4 Å². The van der Waals surface area contributed by atoms with Crippen LogP contribution in [-0.2, 0) is 0 Å². The Morgan fingerprint density at radius 2 is 2.18 bits per heavy atom. The number of hydrogen-bond acceptors (Lipinski definition) is 3. The van der Waals surface area contributed by atoms with Gasteiger partial charge >= 0.3 is 0 Å². The average Bonchev–Trinajstić information content (AvgIpc) is 2.95. The van der Waals surface area contributed by atoms with Gasteiger partial charge in [-0.25, -0.2) is 4.98 Å². The van der Waals surface area contributed by atoms with Crippen LogP contribution in [0.3, 0.4) is 0 Å². The van der Waals surface area contributed by atoms with E-state index in [2.05, 4.69) is 47.0 Å². The molecule has 96 valence electrons. The first-order valence-corrected chi connectivity index (χ1v) is 6.61. The fourth-order valence-corrected chi connectivity index (χ4v) is 2.35. The van der Waals surface area contributed by atoms with E-state index >= 15 is 0 Å². The van der Waals surface area contributed by atoms with Gasteiger partial charge in [0.25, 0.3) is 0 Å². The minimum Gasteiger partial charge on any atom is -0.354 e. The van der Waals surface area contributed by atoms with Crippen molar-refractivity contribution < 1.29 is 0 Å². The molecule has 1 aromatic rings. The molecule has 1 saturated carbocycles. The molecule has 0 saturated heterocycles.